The summed E-state index contributed by atoms with van der Waals surface area (Å²) >= 11 is 0. The molecule has 3 heteroatoms. The summed E-state index contributed by atoms with van der Waals surface area (Å²) in [6, 6.07) is 6.85. The number of ether oxygens (including phenoxy) is 1. The largest absolute Gasteiger partial charge is 0.496 e. The van der Waals surface area contributed by atoms with Crippen molar-refractivity contribution in [2.75, 3.05) is 13.7 Å². The summed E-state index contributed by atoms with van der Waals surface area (Å²) < 4.78 is 5.45. The number of hydrogen-bond donors (Lipinski definition) is 1. The molecule has 1 aromatic rings. The molecule has 1 fully saturated rings. The molecule has 1 aliphatic heterocycles. The van der Waals surface area contributed by atoms with E-state index in [0.29, 0.717) is 6.04 Å². The number of rotatable bonds is 2. The van der Waals surface area contributed by atoms with Gasteiger partial charge in [-0.15, -0.1) is 12.4 Å². The summed E-state index contributed by atoms with van der Waals surface area (Å²) in [5.41, 5.74) is 2.53. The van der Waals surface area contributed by atoms with E-state index in [1.165, 1.54) is 24.0 Å². The van der Waals surface area contributed by atoms with Crippen LogP contribution in [0.1, 0.15) is 30.0 Å². The molecule has 0 saturated carbocycles. The number of halogens is 1. The van der Waals surface area contributed by atoms with Crippen molar-refractivity contribution in [3.05, 3.63) is 29.3 Å². The number of aryl methyl sites for hydroxylation is 1. The molecule has 0 aliphatic carbocycles. The molecule has 0 radical (unpaired) electrons. The Bertz CT molecular complexity index is 321. The van der Waals surface area contributed by atoms with E-state index >= 15 is 0 Å². The van der Waals surface area contributed by atoms with Gasteiger partial charge in [-0.05, 0) is 31.9 Å². The van der Waals surface area contributed by atoms with E-state index in [9.17, 15) is 0 Å². The van der Waals surface area contributed by atoms with Crippen molar-refractivity contribution < 1.29 is 4.74 Å². The van der Waals surface area contributed by atoms with Crippen molar-refractivity contribution in [2.45, 2.75) is 25.8 Å². The van der Waals surface area contributed by atoms with E-state index in [4.69, 9.17) is 4.74 Å². The number of para-hydroxylation sites is 1. The minimum absolute atomic E-state index is 0. The number of nitrogens with one attached hydrogen (secondary N) is 1. The Balaban J connectivity index is 0.00000112. The fraction of sp³-hybridized carbons (Fsp3) is 0.500. The molecule has 1 atom stereocenters. The van der Waals surface area contributed by atoms with Crippen LogP contribution in [-0.2, 0) is 0 Å². The molecule has 1 saturated heterocycles. The van der Waals surface area contributed by atoms with Crippen molar-refractivity contribution in [1.29, 1.82) is 0 Å². The van der Waals surface area contributed by atoms with Crippen LogP contribution in [0.2, 0.25) is 0 Å². The minimum Gasteiger partial charge on any atom is -0.496 e. The van der Waals surface area contributed by atoms with Gasteiger partial charge in [-0.1, -0.05) is 18.2 Å². The SMILES string of the molecule is COc1c(C)cccc1C1CCCN1.Cl. The van der Waals surface area contributed by atoms with E-state index in [-0.39, 0.29) is 12.4 Å². The van der Waals surface area contributed by atoms with Gasteiger partial charge in [-0.3, -0.25) is 0 Å². The molecule has 1 aromatic carbocycles. The summed E-state index contributed by atoms with van der Waals surface area (Å²) in [5.74, 6) is 1.05. The third-order valence-corrected chi connectivity index (χ3v) is 2.88. The first kappa shape index (κ1) is 12.3. The van der Waals surface area contributed by atoms with Crippen molar-refractivity contribution >= 4 is 12.4 Å². The van der Waals surface area contributed by atoms with E-state index in [1.807, 2.05) is 0 Å². The first-order valence-corrected chi connectivity index (χ1v) is 5.20. The second kappa shape index (κ2) is 5.38. The highest BCUT2D eigenvalue weighted by Crippen LogP contribution is 2.32. The predicted molar refractivity (Wildman–Crippen MR) is 65.0 cm³/mol. The zero-order valence-electron chi connectivity index (χ0n) is 9.25. The van der Waals surface area contributed by atoms with Gasteiger partial charge >= 0.3 is 0 Å². The average molecular weight is 228 g/mol. The highest BCUT2D eigenvalue weighted by atomic mass is 35.5. The molecule has 2 rings (SSSR count). The lowest BCUT2D eigenvalue weighted by Crippen LogP contribution is -2.14. The molecule has 1 heterocycles. The van der Waals surface area contributed by atoms with Crippen LogP contribution in [-0.4, -0.2) is 13.7 Å². The fourth-order valence-electron chi connectivity index (χ4n) is 2.18. The standard InChI is InChI=1S/C12H17NO.ClH/c1-9-5-3-6-10(12(9)14-2)11-7-4-8-13-11;/h3,5-6,11,13H,4,7-8H2,1-2H3;1H. The lowest BCUT2D eigenvalue weighted by Gasteiger charge is -2.16. The average Bonchev–Trinajstić information content (AvgIpc) is 2.70. The summed E-state index contributed by atoms with van der Waals surface area (Å²) in [5, 5.41) is 3.49. The van der Waals surface area contributed by atoms with Gasteiger partial charge < -0.3 is 10.1 Å². The Morgan fingerprint density at radius 3 is 2.80 bits per heavy atom. The first-order valence-electron chi connectivity index (χ1n) is 5.20. The predicted octanol–water partition coefficient (Wildman–Crippen LogP) is 2.85. The highest BCUT2D eigenvalue weighted by molar-refractivity contribution is 5.85. The van der Waals surface area contributed by atoms with Crippen molar-refractivity contribution in [2.24, 2.45) is 0 Å². The Morgan fingerprint density at radius 2 is 2.20 bits per heavy atom. The molecule has 0 bridgehead atoms. The van der Waals surface area contributed by atoms with Crippen LogP contribution in [0.15, 0.2) is 18.2 Å². The molecule has 0 aromatic heterocycles. The van der Waals surface area contributed by atoms with Gasteiger partial charge in [0, 0.05) is 11.6 Å². The minimum atomic E-state index is 0. The van der Waals surface area contributed by atoms with Gasteiger partial charge in [0.2, 0.25) is 0 Å². The van der Waals surface area contributed by atoms with Gasteiger partial charge in [0.1, 0.15) is 5.75 Å². The van der Waals surface area contributed by atoms with Gasteiger partial charge in [0.25, 0.3) is 0 Å². The lowest BCUT2D eigenvalue weighted by atomic mass is 10.0. The molecule has 1 N–H and O–H groups in total. The van der Waals surface area contributed by atoms with Crippen LogP contribution in [0.4, 0.5) is 0 Å². The third kappa shape index (κ3) is 2.44. The Morgan fingerprint density at radius 1 is 1.40 bits per heavy atom. The molecular weight excluding hydrogens is 210 g/mol. The maximum absolute atomic E-state index is 5.45. The summed E-state index contributed by atoms with van der Waals surface area (Å²) in [4.78, 5) is 0. The summed E-state index contributed by atoms with van der Waals surface area (Å²) in [7, 11) is 1.75. The van der Waals surface area contributed by atoms with E-state index in [0.717, 1.165) is 12.3 Å². The van der Waals surface area contributed by atoms with Crippen LogP contribution in [0.25, 0.3) is 0 Å². The van der Waals surface area contributed by atoms with Crippen molar-refractivity contribution in [3.63, 3.8) is 0 Å². The highest BCUT2D eigenvalue weighted by Gasteiger charge is 2.20. The topological polar surface area (TPSA) is 21.3 Å². The second-order valence-corrected chi connectivity index (χ2v) is 3.85. The Labute approximate surface area is 97.4 Å². The van der Waals surface area contributed by atoms with Gasteiger partial charge in [0.15, 0.2) is 0 Å². The van der Waals surface area contributed by atoms with Crippen LogP contribution >= 0.6 is 12.4 Å². The number of methoxy groups -OCH3 is 1. The van der Waals surface area contributed by atoms with E-state index < -0.39 is 0 Å². The van der Waals surface area contributed by atoms with Crippen LogP contribution in [0, 0.1) is 6.92 Å². The van der Waals surface area contributed by atoms with Gasteiger partial charge in [-0.25, -0.2) is 0 Å². The van der Waals surface area contributed by atoms with Crippen molar-refractivity contribution in [1.82, 2.24) is 5.32 Å². The zero-order chi connectivity index (χ0) is 9.97. The molecule has 0 spiro atoms. The van der Waals surface area contributed by atoms with Gasteiger partial charge in [0.05, 0.1) is 7.11 Å². The summed E-state index contributed by atoms with van der Waals surface area (Å²) in [6.45, 7) is 3.22. The number of hydrogen-bond acceptors (Lipinski definition) is 2. The molecule has 0 amide bonds. The Hall–Kier alpha value is -0.730. The quantitative estimate of drug-likeness (QED) is 0.839. The molecule has 2 nitrogen and oxygen atoms in total. The molecule has 84 valence electrons. The van der Waals surface area contributed by atoms with E-state index in [2.05, 4.69) is 30.4 Å². The second-order valence-electron chi connectivity index (χ2n) is 3.85. The zero-order valence-corrected chi connectivity index (χ0v) is 10.1. The molecule has 15 heavy (non-hydrogen) atoms. The number of benzene rings is 1. The molecular formula is C12H18ClNO. The van der Waals surface area contributed by atoms with Crippen molar-refractivity contribution in [3.8, 4) is 5.75 Å². The monoisotopic (exact) mass is 227 g/mol. The van der Waals surface area contributed by atoms with Crippen LogP contribution < -0.4 is 10.1 Å². The van der Waals surface area contributed by atoms with E-state index in [1.54, 1.807) is 7.11 Å². The first-order chi connectivity index (χ1) is 6.83. The fourth-order valence-corrected chi connectivity index (χ4v) is 2.18. The van der Waals surface area contributed by atoms with Crippen LogP contribution in [0.3, 0.4) is 0 Å². The Kier molecular flexibility index (Phi) is 4.43. The molecule has 1 unspecified atom stereocenters. The maximum Gasteiger partial charge on any atom is 0.126 e. The third-order valence-electron chi connectivity index (χ3n) is 2.88. The van der Waals surface area contributed by atoms with Crippen LogP contribution in [0.5, 0.6) is 5.75 Å². The molecule has 1 aliphatic rings. The van der Waals surface area contributed by atoms with Gasteiger partial charge in [-0.2, -0.15) is 0 Å². The smallest absolute Gasteiger partial charge is 0.126 e. The lowest BCUT2D eigenvalue weighted by molar-refractivity contribution is 0.400. The summed E-state index contributed by atoms with van der Waals surface area (Å²) in [6.07, 6.45) is 2.49. The normalized spacial score (nSPS) is 19.7. The maximum atomic E-state index is 5.45.